The van der Waals surface area contributed by atoms with E-state index in [2.05, 4.69) is 16.2 Å². The summed E-state index contributed by atoms with van der Waals surface area (Å²) in [6.07, 6.45) is 2.93. The third-order valence-corrected chi connectivity index (χ3v) is 3.78. The molecule has 0 radical (unpaired) electrons. The summed E-state index contributed by atoms with van der Waals surface area (Å²) in [5.74, 6) is -0.446. The maximum Gasteiger partial charge on any atom is 0.269 e. The molecule has 2 aromatic carbocycles. The number of hydrazine groups is 1. The van der Waals surface area contributed by atoms with Crippen LogP contribution in [-0.2, 0) is 9.59 Å². The van der Waals surface area contributed by atoms with E-state index in [1.54, 1.807) is 75.6 Å². The molecule has 0 unspecified atom stereocenters. The second-order valence-electron chi connectivity index (χ2n) is 6.27. The van der Waals surface area contributed by atoms with Crippen molar-refractivity contribution < 1.29 is 19.1 Å². The summed E-state index contributed by atoms with van der Waals surface area (Å²) in [5.41, 5.74) is 6.42. The zero-order valence-corrected chi connectivity index (χ0v) is 16.0. The maximum absolute atomic E-state index is 12.1. The molecule has 0 aliphatic carbocycles. The Bertz CT molecular complexity index is 856. The molecule has 3 amide bonds. The lowest BCUT2D eigenvalue weighted by atomic mass is 10.1. The van der Waals surface area contributed by atoms with Crippen molar-refractivity contribution in [1.82, 2.24) is 10.9 Å². The van der Waals surface area contributed by atoms with E-state index in [1.807, 2.05) is 0 Å². The zero-order valence-electron chi connectivity index (χ0n) is 16.0. The Morgan fingerprint density at radius 3 is 2.14 bits per heavy atom. The number of hydrogen-bond donors (Lipinski definition) is 3. The van der Waals surface area contributed by atoms with Gasteiger partial charge >= 0.3 is 0 Å². The summed E-state index contributed by atoms with van der Waals surface area (Å²) in [6.45, 7) is 3.59. The molecule has 146 valence electrons. The van der Waals surface area contributed by atoms with Gasteiger partial charge in [-0.1, -0.05) is 26.0 Å². The van der Waals surface area contributed by atoms with Crippen LogP contribution in [0.2, 0.25) is 0 Å². The van der Waals surface area contributed by atoms with Gasteiger partial charge in [-0.15, -0.1) is 0 Å². The molecule has 0 saturated heterocycles. The molecular weight excluding hydrogens is 358 g/mol. The van der Waals surface area contributed by atoms with Gasteiger partial charge in [0, 0.05) is 23.2 Å². The summed E-state index contributed by atoms with van der Waals surface area (Å²) < 4.78 is 5.07. The summed E-state index contributed by atoms with van der Waals surface area (Å²) in [5, 5.41) is 2.74. The van der Waals surface area contributed by atoms with E-state index in [1.165, 1.54) is 6.08 Å². The number of hydrogen-bond acceptors (Lipinski definition) is 4. The number of nitrogens with one attached hydrogen (secondary N) is 3. The van der Waals surface area contributed by atoms with Crippen molar-refractivity contribution >= 4 is 29.5 Å². The Hall–Kier alpha value is -3.61. The molecule has 0 aliphatic rings. The highest BCUT2D eigenvalue weighted by atomic mass is 16.5. The van der Waals surface area contributed by atoms with Gasteiger partial charge in [0.2, 0.25) is 5.91 Å². The average molecular weight is 381 g/mol. The van der Waals surface area contributed by atoms with Crippen LogP contribution in [0.4, 0.5) is 5.69 Å². The van der Waals surface area contributed by atoms with E-state index in [-0.39, 0.29) is 11.8 Å². The van der Waals surface area contributed by atoms with Crippen molar-refractivity contribution in [3.05, 3.63) is 65.7 Å². The number of amides is 3. The third-order valence-electron chi connectivity index (χ3n) is 3.78. The lowest BCUT2D eigenvalue weighted by molar-refractivity contribution is -0.119. The molecule has 0 aromatic heterocycles. The van der Waals surface area contributed by atoms with Gasteiger partial charge in [0.1, 0.15) is 5.75 Å². The fourth-order valence-corrected chi connectivity index (χ4v) is 2.11. The van der Waals surface area contributed by atoms with Gasteiger partial charge in [0.05, 0.1) is 7.11 Å². The topological polar surface area (TPSA) is 96.5 Å². The smallest absolute Gasteiger partial charge is 0.269 e. The van der Waals surface area contributed by atoms with E-state index in [4.69, 9.17) is 4.74 Å². The minimum Gasteiger partial charge on any atom is -0.497 e. The van der Waals surface area contributed by atoms with Gasteiger partial charge in [-0.3, -0.25) is 25.2 Å². The van der Waals surface area contributed by atoms with Gasteiger partial charge in [-0.05, 0) is 48.0 Å². The highest BCUT2D eigenvalue weighted by Crippen LogP contribution is 2.12. The van der Waals surface area contributed by atoms with Crippen molar-refractivity contribution in [2.45, 2.75) is 13.8 Å². The summed E-state index contributed by atoms with van der Waals surface area (Å²) >= 11 is 0. The minimum atomic E-state index is -0.468. The lowest BCUT2D eigenvalue weighted by Gasteiger charge is -2.09. The Kier molecular flexibility index (Phi) is 7.33. The van der Waals surface area contributed by atoms with Crippen LogP contribution >= 0.6 is 0 Å². The molecule has 2 aromatic rings. The number of benzene rings is 2. The van der Waals surface area contributed by atoms with E-state index < -0.39 is 11.8 Å². The number of carbonyl (C=O) groups is 3. The van der Waals surface area contributed by atoms with Crippen LogP contribution in [0.5, 0.6) is 5.75 Å². The second-order valence-corrected chi connectivity index (χ2v) is 6.27. The highest BCUT2D eigenvalue weighted by molar-refractivity contribution is 5.98. The van der Waals surface area contributed by atoms with Gasteiger partial charge in [-0.25, -0.2) is 0 Å². The Balaban J connectivity index is 1.84. The first-order valence-electron chi connectivity index (χ1n) is 8.72. The van der Waals surface area contributed by atoms with Gasteiger partial charge in [0.25, 0.3) is 11.8 Å². The summed E-state index contributed by atoms with van der Waals surface area (Å²) in [7, 11) is 1.58. The molecule has 0 heterocycles. The standard InChI is InChI=1S/C21H23N3O4/c1-14(2)20(26)22-17-9-7-16(8-10-17)21(27)24-23-19(25)13-6-15-4-11-18(28-3)12-5-15/h4-14H,1-3H3,(H,22,26)(H,23,25)(H,24,27)/b13-6+. The molecule has 0 saturated carbocycles. The molecular formula is C21H23N3O4. The van der Waals surface area contributed by atoms with Crippen molar-refractivity contribution in [3.63, 3.8) is 0 Å². The van der Waals surface area contributed by atoms with E-state index in [0.717, 1.165) is 11.3 Å². The molecule has 2 rings (SSSR count). The monoisotopic (exact) mass is 381 g/mol. The quantitative estimate of drug-likeness (QED) is 0.529. The molecule has 0 bridgehead atoms. The van der Waals surface area contributed by atoms with Crippen LogP contribution in [0, 0.1) is 5.92 Å². The Labute approximate surface area is 163 Å². The fraction of sp³-hybridized carbons (Fsp3) is 0.190. The highest BCUT2D eigenvalue weighted by Gasteiger charge is 2.09. The number of carbonyl (C=O) groups excluding carboxylic acids is 3. The molecule has 0 atom stereocenters. The molecule has 28 heavy (non-hydrogen) atoms. The van der Waals surface area contributed by atoms with Crippen LogP contribution in [0.25, 0.3) is 6.08 Å². The molecule has 7 heteroatoms. The van der Waals surface area contributed by atoms with Crippen molar-refractivity contribution in [2.75, 3.05) is 12.4 Å². The van der Waals surface area contributed by atoms with Gasteiger partial charge < -0.3 is 10.1 Å². The molecule has 0 aliphatic heterocycles. The SMILES string of the molecule is COc1ccc(/C=C/C(=O)NNC(=O)c2ccc(NC(=O)C(C)C)cc2)cc1. The lowest BCUT2D eigenvalue weighted by Crippen LogP contribution is -2.40. The predicted octanol–water partition coefficient (Wildman–Crippen LogP) is 2.76. The van der Waals surface area contributed by atoms with Crippen molar-refractivity contribution in [2.24, 2.45) is 5.92 Å². The zero-order chi connectivity index (χ0) is 20.5. The summed E-state index contributed by atoms with van der Waals surface area (Å²) in [6, 6.07) is 13.6. The number of rotatable bonds is 6. The van der Waals surface area contributed by atoms with E-state index in [0.29, 0.717) is 11.3 Å². The number of methoxy groups -OCH3 is 1. The normalized spacial score (nSPS) is 10.6. The van der Waals surface area contributed by atoms with Crippen molar-refractivity contribution in [3.8, 4) is 5.75 Å². The van der Waals surface area contributed by atoms with E-state index >= 15 is 0 Å². The Morgan fingerprint density at radius 2 is 1.57 bits per heavy atom. The Morgan fingerprint density at radius 1 is 0.929 bits per heavy atom. The molecule has 3 N–H and O–H groups in total. The molecule has 7 nitrogen and oxygen atoms in total. The first-order valence-corrected chi connectivity index (χ1v) is 8.72. The van der Waals surface area contributed by atoms with Gasteiger partial charge in [0.15, 0.2) is 0 Å². The maximum atomic E-state index is 12.1. The fourth-order valence-electron chi connectivity index (χ4n) is 2.11. The van der Waals surface area contributed by atoms with Crippen LogP contribution < -0.4 is 20.9 Å². The van der Waals surface area contributed by atoms with Crippen LogP contribution in [0.3, 0.4) is 0 Å². The first-order chi connectivity index (χ1) is 13.4. The third kappa shape index (κ3) is 6.28. The summed E-state index contributed by atoms with van der Waals surface area (Å²) in [4.78, 5) is 35.6. The molecule has 0 spiro atoms. The molecule has 0 fully saturated rings. The minimum absolute atomic E-state index is 0.104. The van der Waals surface area contributed by atoms with Crippen molar-refractivity contribution in [1.29, 1.82) is 0 Å². The average Bonchev–Trinajstić information content (AvgIpc) is 2.71. The van der Waals surface area contributed by atoms with Crippen LogP contribution in [0.1, 0.15) is 29.8 Å². The second kappa shape index (κ2) is 9.91. The van der Waals surface area contributed by atoms with Gasteiger partial charge in [-0.2, -0.15) is 0 Å². The van der Waals surface area contributed by atoms with Crippen LogP contribution in [-0.4, -0.2) is 24.8 Å². The van der Waals surface area contributed by atoms with E-state index in [9.17, 15) is 14.4 Å². The largest absolute Gasteiger partial charge is 0.497 e. The van der Waals surface area contributed by atoms with Crippen LogP contribution in [0.15, 0.2) is 54.6 Å². The predicted molar refractivity (Wildman–Crippen MR) is 108 cm³/mol. The number of ether oxygens (including phenoxy) is 1. The first kappa shape index (κ1) is 20.7. The number of anilines is 1.